The van der Waals surface area contributed by atoms with Gasteiger partial charge in [-0.1, -0.05) is 20.8 Å². The van der Waals surface area contributed by atoms with Crippen LogP contribution in [0, 0.1) is 11.3 Å². The van der Waals surface area contributed by atoms with E-state index in [1.54, 1.807) is 0 Å². The highest BCUT2D eigenvalue weighted by molar-refractivity contribution is 7.87. The molecule has 6 heteroatoms. The minimum Gasteiger partial charge on any atom is -0.330 e. The summed E-state index contributed by atoms with van der Waals surface area (Å²) in [6.45, 7) is 9.69. The van der Waals surface area contributed by atoms with Crippen molar-refractivity contribution in [2.45, 2.75) is 46.6 Å². The number of nitrogens with one attached hydrogen (secondary N) is 1. The second-order valence-electron chi connectivity index (χ2n) is 6.31. The first kappa shape index (κ1) is 15.9. The van der Waals surface area contributed by atoms with Crippen LogP contribution in [0.4, 0.5) is 0 Å². The molecule has 1 aliphatic heterocycles. The second-order valence-corrected chi connectivity index (χ2v) is 8.01. The van der Waals surface area contributed by atoms with Gasteiger partial charge in [0.25, 0.3) is 10.2 Å². The zero-order valence-electron chi connectivity index (χ0n) is 11.9. The van der Waals surface area contributed by atoms with Crippen molar-refractivity contribution in [1.29, 1.82) is 0 Å². The highest BCUT2D eigenvalue weighted by Gasteiger charge is 2.32. The van der Waals surface area contributed by atoms with Gasteiger partial charge in [0.15, 0.2) is 0 Å². The molecule has 0 spiro atoms. The lowest BCUT2D eigenvalue weighted by Crippen LogP contribution is -2.51. The van der Waals surface area contributed by atoms with E-state index in [1.165, 1.54) is 4.31 Å². The normalized spacial score (nSPS) is 25.1. The van der Waals surface area contributed by atoms with Gasteiger partial charge in [-0.2, -0.15) is 17.4 Å². The molecule has 0 bridgehead atoms. The largest absolute Gasteiger partial charge is 0.330 e. The first-order valence-electron chi connectivity index (χ1n) is 6.64. The molecule has 0 amide bonds. The Bertz CT molecular complexity index is 362. The Morgan fingerprint density at radius 2 is 2.06 bits per heavy atom. The van der Waals surface area contributed by atoms with Crippen molar-refractivity contribution in [3.05, 3.63) is 0 Å². The first-order chi connectivity index (χ1) is 8.16. The molecule has 2 atom stereocenters. The fraction of sp³-hybridized carbons (Fsp3) is 1.00. The van der Waals surface area contributed by atoms with Crippen molar-refractivity contribution >= 4 is 10.2 Å². The summed E-state index contributed by atoms with van der Waals surface area (Å²) in [6.07, 6.45) is 1.92. The molecule has 0 aromatic carbocycles. The highest BCUT2D eigenvalue weighted by atomic mass is 32.2. The molecule has 0 aromatic heterocycles. The van der Waals surface area contributed by atoms with Crippen molar-refractivity contribution in [3.63, 3.8) is 0 Å². The van der Waals surface area contributed by atoms with Crippen molar-refractivity contribution in [1.82, 2.24) is 9.03 Å². The van der Waals surface area contributed by atoms with E-state index < -0.39 is 10.2 Å². The van der Waals surface area contributed by atoms with Crippen LogP contribution in [0.25, 0.3) is 0 Å². The quantitative estimate of drug-likeness (QED) is 0.802. The van der Waals surface area contributed by atoms with Gasteiger partial charge in [-0.3, -0.25) is 0 Å². The van der Waals surface area contributed by atoms with E-state index in [2.05, 4.69) is 4.72 Å². The summed E-state index contributed by atoms with van der Waals surface area (Å²) in [5, 5.41) is 0. The van der Waals surface area contributed by atoms with Crippen LogP contribution in [0.15, 0.2) is 0 Å². The van der Waals surface area contributed by atoms with Crippen molar-refractivity contribution in [2.75, 3.05) is 19.6 Å². The van der Waals surface area contributed by atoms with Crippen LogP contribution in [0.3, 0.4) is 0 Å². The number of nitrogens with two attached hydrogens (primary N) is 1. The van der Waals surface area contributed by atoms with Gasteiger partial charge < -0.3 is 5.73 Å². The molecule has 1 rings (SSSR count). The number of hydrogen-bond donors (Lipinski definition) is 2. The molecular weight excluding hydrogens is 250 g/mol. The fourth-order valence-electron chi connectivity index (χ4n) is 1.91. The van der Waals surface area contributed by atoms with Crippen molar-refractivity contribution < 1.29 is 8.42 Å². The predicted molar refractivity (Wildman–Crippen MR) is 74.3 cm³/mol. The van der Waals surface area contributed by atoms with Gasteiger partial charge in [0, 0.05) is 19.1 Å². The molecule has 3 N–H and O–H groups in total. The van der Waals surface area contributed by atoms with Crippen LogP contribution < -0.4 is 10.5 Å². The van der Waals surface area contributed by atoms with Gasteiger partial charge in [0.05, 0.1) is 0 Å². The van der Waals surface area contributed by atoms with Crippen LogP contribution in [0.2, 0.25) is 0 Å². The summed E-state index contributed by atoms with van der Waals surface area (Å²) < 4.78 is 28.9. The van der Waals surface area contributed by atoms with Crippen LogP contribution >= 0.6 is 0 Å². The van der Waals surface area contributed by atoms with E-state index in [1.807, 2.05) is 27.7 Å². The molecule has 1 aliphatic rings. The molecular formula is C12H27N3O2S. The van der Waals surface area contributed by atoms with Gasteiger partial charge in [-0.25, -0.2) is 0 Å². The van der Waals surface area contributed by atoms with Gasteiger partial charge in [-0.05, 0) is 37.6 Å². The lowest BCUT2D eigenvalue weighted by molar-refractivity contribution is 0.258. The SMILES string of the molecule is CC(NS(=O)(=O)N1CCCC(CN)C1)C(C)(C)C. The third kappa shape index (κ3) is 4.19. The monoisotopic (exact) mass is 277 g/mol. The average Bonchev–Trinajstić information content (AvgIpc) is 2.27. The van der Waals surface area contributed by atoms with E-state index in [0.717, 1.165) is 12.8 Å². The van der Waals surface area contributed by atoms with Gasteiger partial charge in [0.2, 0.25) is 0 Å². The Morgan fingerprint density at radius 1 is 1.44 bits per heavy atom. The van der Waals surface area contributed by atoms with Crippen LogP contribution in [-0.2, 0) is 10.2 Å². The molecule has 1 saturated heterocycles. The standard InChI is InChI=1S/C12H27N3O2S/c1-10(12(2,3)4)14-18(16,17)15-7-5-6-11(8-13)9-15/h10-11,14H,5-9,13H2,1-4H3. The molecule has 108 valence electrons. The maximum atomic E-state index is 12.3. The number of hydrogen-bond acceptors (Lipinski definition) is 3. The smallest absolute Gasteiger partial charge is 0.279 e. The second kappa shape index (κ2) is 5.86. The maximum absolute atomic E-state index is 12.3. The molecule has 1 fully saturated rings. The molecule has 2 unspecified atom stereocenters. The highest BCUT2D eigenvalue weighted by Crippen LogP contribution is 2.22. The number of nitrogens with zero attached hydrogens (tertiary/aromatic N) is 1. The lowest BCUT2D eigenvalue weighted by atomic mass is 9.89. The average molecular weight is 277 g/mol. The van der Waals surface area contributed by atoms with E-state index in [4.69, 9.17) is 5.73 Å². The van der Waals surface area contributed by atoms with Gasteiger partial charge >= 0.3 is 0 Å². The number of piperidine rings is 1. The molecule has 5 nitrogen and oxygen atoms in total. The molecule has 1 heterocycles. The van der Waals surface area contributed by atoms with Crippen molar-refractivity contribution in [2.24, 2.45) is 17.1 Å². The van der Waals surface area contributed by atoms with Gasteiger partial charge in [0.1, 0.15) is 0 Å². The minimum atomic E-state index is -3.38. The third-order valence-electron chi connectivity index (χ3n) is 3.78. The van der Waals surface area contributed by atoms with E-state index in [-0.39, 0.29) is 11.5 Å². The minimum absolute atomic E-state index is 0.0872. The van der Waals surface area contributed by atoms with Crippen LogP contribution in [0.5, 0.6) is 0 Å². The summed E-state index contributed by atoms with van der Waals surface area (Å²) in [5.74, 6) is 0.292. The van der Waals surface area contributed by atoms with Crippen molar-refractivity contribution in [3.8, 4) is 0 Å². The summed E-state index contributed by atoms with van der Waals surface area (Å²) >= 11 is 0. The summed E-state index contributed by atoms with van der Waals surface area (Å²) in [5.41, 5.74) is 5.55. The maximum Gasteiger partial charge on any atom is 0.279 e. The fourth-order valence-corrected chi connectivity index (χ4v) is 3.64. The summed E-state index contributed by atoms with van der Waals surface area (Å²) in [6, 6.07) is -0.0965. The lowest BCUT2D eigenvalue weighted by Gasteiger charge is -2.34. The number of rotatable bonds is 4. The predicted octanol–water partition coefficient (Wildman–Crippen LogP) is 0.926. The first-order valence-corrected chi connectivity index (χ1v) is 8.08. The van der Waals surface area contributed by atoms with E-state index in [0.29, 0.717) is 25.6 Å². The third-order valence-corrected chi connectivity index (χ3v) is 5.44. The molecule has 0 aromatic rings. The Hall–Kier alpha value is -0.170. The Morgan fingerprint density at radius 3 is 2.56 bits per heavy atom. The zero-order valence-corrected chi connectivity index (χ0v) is 12.8. The molecule has 0 radical (unpaired) electrons. The Kier molecular flexibility index (Phi) is 5.17. The summed E-state index contributed by atoms with van der Waals surface area (Å²) in [7, 11) is -3.38. The topological polar surface area (TPSA) is 75.4 Å². The molecule has 0 saturated carbocycles. The van der Waals surface area contributed by atoms with E-state index in [9.17, 15) is 8.42 Å². The Labute approximate surface area is 111 Å². The zero-order chi connectivity index (χ0) is 14.0. The summed E-state index contributed by atoms with van der Waals surface area (Å²) in [4.78, 5) is 0. The molecule has 0 aliphatic carbocycles. The van der Waals surface area contributed by atoms with Gasteiger partial charge in [-0.15, -0.1) is 0 Å². The van der Waals surface area contributed by atoms with E-state index >= 15 is 0 Å². The molecule has 18 heavy (non-hydrogen) atoms. The van der Waals surface area contributed by atoms with Crippen LogP contribution in [-0.4, -0.2) is 38.4 Å². The van der Waals surface area contributed by atoms with Crippen LogP contribution in [0.1, 0.15) is 40.5 Å². The Balaban J connectivity index is 2.69.